The molecule has 11 heteroatoms. The molecule has 3 aromatic rings. The van der Waals surface area contributed by atoms with Crippen LogP contribution in [0.2, 0.25) is 10.0 Å². The number of aromatic nitrogens is 2. The normalized spacial score (nSPS) is 19.0. The standard InChI is InChI=1S/C25H28Cl2N4O5/c1-32-22-11-18-21(28-15-29-25(18)30-16-2-3-19(26)20(27)10-16)12-23(22)36-14-17-13-31(6-7-33-17)5-4-24-34-8-9-35-24/h2-3,10-12,15,17,24H,4-9,13-14H2,1H3,(H,28,29,30). The molecule has 2 fully saturated rings. The molecule has 1 unspecified atom stereocenters. The van der Waals surface area contributed by atoms with Crippen LogP contribution < -0.4 is 14.8 Å². The largest absolute Gasteiger partial charge is 0.493 e. The maximum Gasteiger partial charge on any atom is 0.163 e. The van der Waals surface area contributed by atoms with Crippen molar-refractivity contribution in [3.8, 4) is 11.5 Å². The average Bonchev–Trinajstić information content (AvgIpc) is 3.42. The highest BCUT2D eigenvalue weighted by Gasteiger charge is 2.24. The van der Waals surface area contributed by atoms with E-state index in [1.165, 1.54) is 6.33 Å². The lowest BCUT2D eigenvalue weighted by atomic mass is 10.2. The lowest BCUT2D eigenvalue weighted by Crippen LogP contribution is -2.45. The summed E-state index contributed by atoms with van der Waals surface area (Å²) in [7, 11) is 1.61. The number of nitrogens with zero attached hydrogens (tertiary/aromatic N) is 3. The summed E-state index contributed by atoms with van der Waals surface area (Å²) < 4.78 is 28.8. The van der Waals surface area contributed by atoms with E-state index >= 15 is 0 Å². The van der Waals surface area contributed by atoms with Crippen molar-refractivity contribution in [1.29, 1.82) is 0 Å². The van der Waals surface area contributed by atoms with Gasteiger partial charge in [-0.1, -0.05) is 23.2 Å². The van der Waals surface area contributed by atoms with Gasteiger partial charge in [-0.3, -0.25) is 4.90 Å². The van der Waals surface area contributed by atoms with Gasteiger partial charge in [0.2, 0.25) is 0 Å². The molecule has 0 aliphatic carbocycles. The fraction of sp³-hybridized carbons (Fsp3) is 0.440. The predicted octanol–water partition coefficient (Wildman–Crippen LogP) is 4.53. The second-order valence-corrected chi connectivity index (χ2v) is 9.38. The molecule has 0 spiro atoms. The van der Waals surface area contributed by atoms with Crippen LogP contribution in [0.25, 0.3) is 10.9 Å². The maximum atomic E-state index is 6.16. The minimum Gasteiger partial charge on any atom is -0.493 e. The number of nitrogens with one attached hydrogen (secondary N) is 1. The fourth-order valence-corrected chi connectivity index (χ4v) is 4.57. The van der Waals surface area contributed by atoms with E-state index in [0.29, 0.717) is 59.3 Å². The zero-order valence-electron chi connectivity index (χ0n) is 19.9. The molecule has 5 rings (SSSR count). The molecule has 2 saturated heterocycles. The van der Waals surface area contributed by atoms with Crippen LogP contribution in [-0.2, 0) is 14.2 Å². The number of fused-ring (bicyclic) bond motifs is 1. The summed E-state index contributed by atoms with van der Waals surface area (Å²) >= 11 is 12.2. The van der Waals surface area contributed by atoms with E-state index in [-0.39, 0.29) is 12.4 Å². The van der Waals surface area contributed by atoms with E-state index in [4.69, 9.17) is 46.9 Å². The molecule has 0 radical (unpaired) electrons. The second kappa shape index (κ2) is 11.8. The molecule has 0 saturated carbocycles. The van der Waals surface area contributed by atoms with Crippen LogP contribution in [0, 0.1) is 0 Å². The fourth-order valence-electron chi connectivity index (χ4n) is 4.28. The minimum absolute atomic E-state index is 0.0538. The van der Waals surface area contributed by atoms with Crippen molar-refractivity contribution in [1.82, 2.24) is 14.9 Å². The molecule has 36 heavy (non-hydrogen) atoms. The Balaban J connectivity index is 1.25. The summed E-state index contributed by atoms with van der Waals surface area (Å²) in [6.45, 7) is 4.97. The Bertz CT molecular complexity index is 1190. The summed E-state index contributed by atoms with van der Waals surface area (Å²) in [6.07, 6.45) is 2.20. The molecule has 2 aliphatic heterocycles. The maximum absolute atomic E-state index is 6.16. The smallest absolute Gasteiger partial charge is 0.163 e. The van der Waals surface area contributed by atoms with Gasteiger partial charge in [-0.2, -0.15) is 0 Å². The Morgan fingerprint density at radius 3 is 2.69 bits per heavy atom. The van der Waals surface area contributed by atoms with E-state index in [0.717, 1.165) is 37.1 Å². The van der Waals surface area contributed by atoms with E-state index in [1.807, 2.05) is 18.2 Å². The van der Waals surface area contributed by atoms with Gasteiger partial charge in [-0.05, 0) is 24.3 Å². The van der Waals surface area contributed by atoms with Gasteiger partial charge in [0, 0.05) is 43.2 Å². The Hall–Kier alpha value is -2.40. The number of hydrogen-bond donors (Lipinski definition) is 1. The molecule has 1 N–H and O–H groups in total. The summed E-state index contributed by atoms with van der Waals surface area (Å²) in [6, 6.07) is 9.02. The number of methoxy groups -OCH3 is 1. The van der Waals surface area contributed by atoms with Gasteiger partial charge in [0.25, 0.3) is 0 Å². The molecule has 2 aromatic carbocycles. The van der Waals surface area contributed by atoms with Crippen LogP contribution in [-0.4, -0.2) is 80.4 Å². The first-order valence-electron chi connectivity index (χ1n) is 11.8. The highest BCUT2D eigenvalue weighted by Crippen LogP contribution is 2.35. The number of ether oxygens (including phenoxy) is 5. The van der Waals surface area contributed by atoms with E-state index in [1.54, 1.807) is 19.2 Å². The Morgan fingerprint density at radius 2 is 1.89 bits per heavy atom. The molecule has 192 valence electrons. The zero-order valence-corrected chi connectivity index (χ0v) is 21.4. The highest BCUT2D eigenvalue weighted by atomic mass is 35.5. The van der Waals surface area contributed by atoms with Crippen LogP contribution in [0.5, 0.6) is 11.5 Å². The van der Waals surface area contributed by atoms with Crippen LogP contribution in [0.15, 0.2) is 36.7 Å². The Labute approximate surface area is 219 Å². The number of morpholine rings is 1. The number of hydrogen-bond acceptors (Lipinski definition) is 9. The Kier molecular flexibility index (Phi) is 8.25. The van der Waals surface area contributed by atoms with Crippen molar-refractivity contribution in [2.75, 3.05) is 58.5 Å². The predicted molar refractivity (Wildman–Crippen MR) is 138 cm³/mol. The molecule has 0 bridgehead atoms. The molecular weight excluding hydrogens is 507 g/mol. The lowest BCUT2D eigenvalue weighted by molar-refractivity contribution is -0.0730. The lowest BCUT2D eigenvalue weighted by Gasteiger charge is -2.33. The summed E-state index contributed by atoms with van der Waals surface area (Å²) in [4.78, 5) is 11.2. The van der Waals surface area contributed by atoms with Gasteiger partial charge in [-0.25, -0.2) is 9.97 Å². The van der Waals surface area contributed by atoms with Crippen molar-refractivity contribution in [3.05, 3.63) is 46.7 Å². The molecule has 1 atom stereocenters. The Morgan fingerprint density at radius 1 is 1.03 bits per heavy atom. The van der Waals surface area contributed by atoms with Gasteiger partial charge in [0.05, 0.1) is 42.5 Å². The SMILES string of the molecule is COc1cc2c(Nc3ccc(Cl)c(Cl)c3)ncnc2cc1OCC1CN(CCC2OCCO2)CCO1. The van der Waals surface area contributed by atoms with E-state index in [9.17, 15) is 0 Å². The van der Waals surface area contributed by atoms with Crippen LogP contribution in [0.3, 0.4) is 0 Å². The van der Waals surface area contributed by atoms with Gasteiger partial charge in [0.1, 0.15) is 24.9 Å². The summed E-state index contributed by atoms with van der Waals surface area (Å²) in [5, 5.41) is 5.00. The van der Waals surface area contributed by atoms with Crippen LogP contribution in [0.1, 0.15) is 6.42 Å². The molecule has 0 amide bonds. The van der Waals surface area contributed by atoms with Crippen molar-refractivity contribution in [3.63, 3.8) is 0 Å². The third kappa shape index (κ3) is 6.11. The molecule has 2 aliphatic rings. The third-order valence-electron chi connectivity index (χ3n) is 6.12. The zero-order chi connectivity index (χ0) is 24.9. The van der Waals surface area contributed by atoms with Gasteiger partial charge >= 0.3 is 0 Å². The van der Waals surface area contributed by atoms with Gasteiger partial charge in [-0.15, -0.1) is 0 Å². The van der Waals surface area contributed by atoms with Crippen LogP contribution in [0.4, 0.5) is 11.5 Å². The first-order chi connectivity index (χ1) is 17.6. The summed E-state index contributed by atoms with van der Waals surface area (Å²) in [5.74, 6) is 1.79. The number of anilines is 2. The first kappa shape index (κ1) is 25.3. The van der Waals surface area contributed by atoms with Crippen molar-refractivity contribution >= 4 is 45.6 Å². The topological polar surface area (TPSA) is 87.2 Å². The van der Waals surface area contributed by atoms with Gasteiger partial charge < -0.3 is 29.0 Å². The van der Waals surface area contributed by atoms with Crippen LogP contribution >= 0.6 is 23.2 Å². The third-order valence-corrected chi connectivity index (χ3v) is 6.86. The summed E-state index contributed by atoms with van der Waals surface area (Å²) in [5.41, 5.74) is 1.47. The molecule has 1 aromatic heterocycles. The molecular formula is C25H28Cl2N4O5. The van der Waals surface area contributed by atoms with E-state index < -0.39 is 0 Å². The number of halogens is 2. The quantitative estimate of drug-likeness (QED) is 0.425. The minimum atomic E-state index is -0.0949. The highest BCUT2D eigenvalue weighted by molar-refractivity contribution is 6.42. The molecule has 9 nitrogen and oxygen atoms in total. The monoisotopic (exact) mass is 534 g/mol. The van der Waals surface area contributed by atoms with Gasteiger partial charge in [0.15, 0.2) is 17.8 Å². The van der Waals surface area contributed by atoms with Crippen molar-refractivity contribution in [2.45, 2.75) is 18.8 Å². The second-order valence-electron chi connectivity index (χ2n) is 8.56. The van der Waals surface area contributed by atoms with Crippen molar-refractivity contribution in [2.24, 2.45) is 0 Å². The average molecular weight is 535 g/mol. The number of rotatable bonds is 9. The van der Waals surface area contributed by atoms with E-state index in [2.05, 4.69) is 20.2 Å². The first-order valence-corrected chi connectivity index (χ1v) is 12.6. The van der Waals surface area contributed by atoms with Crippen molar-refractivity contribution < 1.29 is 23.7 Å². The number of benzene rings is 2. The molecule has 3 heterocycles.